The maximum absolute atomic E-state index is 12.9. The van der Waals surface area contributed by atoms with Gasteiger partial charge < -0.3 is 0 Å². The first-order chi connectivity index (χ1) is 12.1. The van der Waals surface area contributed by atoms with Crippen molar-refractivity contribution in [2.45, 2.75) is 6.92 Å². The lowest BCUT2D eigenvalue weighted by molar-refractivity contribution is -0.118. The third-order valence-corrected chi connectivity index (χ3v) is 3.68. The van der Waals surface area contributed by atoms with Crippen LogP contribution in [0.1, 0.15) is 17.3 Å². The van der Waals surface area contributed by atoms with Crippen molar-refractivity contribution in [2.24, 2.45) is 16.1 Å². The predicted molar refractivity (Wildman–Crippen MR) is 92.9 cm³/mol. The van der Waals surface area contributed by atoms with Gasteiger partial charge in [-0.3, -0.25) is 9.59 Å². The smallest absolute Gasteiger partial charge is 0.271 e. The van der Waals surface area contributed by atoms with E-state index in [9.17, 15) is 14.0 Å². The molecule has 0 saturated heterocycles. The molecule has 0 radical (unpaired) electrons. The first-order valence-corrected chi connectivity index (χ1v) is 7.59. The van der Waals surface area contributed by atoms with Crippen LogP contribution >= 0.6 is 0 Å². The molecule has 25 heavy (non-hydrogen) atoms. The number of nitrogens with one attached hydrogen (secondary N) is 1. The topological polar surface area (TPSA) is 74.1 Å². The zero-order chi connectivity index (χ0) is 17.8. The van der Waals surface area contributed by atoms with Crippen LogP contribution in [-0.4, -0.2) is 23.7 Å². The number of hydrogen-bond donors (Lipinski definition) is 1. The van der Waals surface area contributed by atoms with Gasteiger partial charge >= 0.3 is 0 Å². The molecule has 2 amide bonds. The molecule has 0 fully saturated rings. The second-order valence-electron chi connectivity index (χ2n) is 5.43. The molecule has 126 valence electrons. The average Bonchev–Trinajstić information content (AvgIpc) is 2.91. The number of carbonyl (C=O) groups is 2. The van der Waals surface area contributed by atoms with E-state index in [4.69, 9.17) is 0 Å². The van der Waals surface area contributed by atoms with Crippen molar-refractivity contribution in [3.63, 3.8) is 0 Å². The monoisotopic (exact) mass is 338 g/mol. The number of amides is 2. The van der Waals surface area contributed by atoms with Crippen molar-refractivity contribution in [1.29, 1.82) is 0 Å². The second-order valence-corrected chi connectivity index (χ2v) is 5.43. The van der Waals surface area contributed by atoms with E-state index < -0.39 is 17.6 Å². The Balaban J connectivity index is 1.66. The van der Waals surface area contributed by atoms with Crippen molar-refractivity contribution in [3.05, 3.63) is 66.0 Å². The molecule has 0 aliphatic carbocycles. The third-order valence-electron chi connectivity index (χ3n) is 3.68. The van der Waals surface area contributed by atoms with Gasteiger partial charge in [0.25, 0.3) is 11.8 Å². The largest absolute Gasteiger partial charge is 0.271 e. The summed E-state index contributed by atoms with van der Waals surface area (Å²) < 4.78 is 12.9. The molecule has 0 unspecified atom stereocenters. The second kappa shape index (κ2) is 7.04. The lowest BCUT2D eigenvalue weighted by atomic mass is 10.1. The summed E-state index contributed by atoms with van der Waals surface area (Å²) in [7, 11) is 0. The van der Waals surface area contributed by atoms with Gasteiger partial charge in [0.2, 0.25) is 0 Å². The van der Waals surface area contributed by atoms with Crippen LogP contribution in [0.2, 0.25) is 0 Å². The van der Waals surface area contributed by atoms with E-state index >= 15 is 0 Å². The number of carbonyl (C=O) groups excluding carboxylic acids is 2. The van der Waals surface area contributed by atoms with Gasteiger partial charge in [-0.1, -0.05) is 18.2 Å². The summed E-state index contributed by atoms with van der Waals surface area (Å²) in [4.78, 5) is 24.4. The molecule has 0 aromatic heterocycles. The van der Waals surface area contributed by atoms with E-state index in [2.05, 4.69) is 15.6 Å². The van der Waals surface area contributed by atoms with E-state index in [1.807, 2.05) is 18.2 Å². The summed E-state index contributed by atoms with van der Waals surface area (Å²) >= 11 is 0. The van der Waals surface area contributed by atoms with E-state index in [0.29, 0.717) is 11.4 Å². The van der Waals surface area contributed by atoms with Crippen LogP contribution < -0.4 is 10.4 Å². The van der Waals surface area contributed by atoms with Gasteiger partial charge in [0.15, 0.2) is 0 Å². The van der Waals surface area contributed by atoms with Crippen molar-refractivity contribution >= 4 is 29.4 Å². The molecule has 1 N–H and O–H groups in total. The lowest BCUT2D eigenvalue weighted by Crippen LogP contribution is -2.29. The molecule has 1 aliphatic rings. The van der Waals surface area contributed by atoms with Crippen LogP contribution in [0.4, 0.5) is 10.1 Å². The van der Waals surface area contributed by atoms with Crippen LogP contribution in [0.25, 0.3) is 0 Å². The minimum absolute atomic E-state index is 0.247. The highest BCUT2D eigenvalue weighted by Gasteiger charge is 2.33. The molecule has 3 rings (SSSR count). The Morgan fingerprint density at radius 3 is 2.56 bits per heavy atom. The van der Waals surface area contributed by atoms with Gasteiger partial charge in [-0.05, 0) is 43.3 Å². The molecule has 7 heteroatoms. The zero-order valence-electron chi connectivity index (χ0n) is 13.4. The van der Waals surface area contributed by atoms with E-state index in [1.165, 1.54) is 35.5 Å². The van der Waals surface area contributed by atoms with Gasteiger partial charge in [0.1, 0.15) is 11.7 Å². The SMILES string of the molecule is CC1=NN(c2ccccc2)C(=O)[C@H]1/C=N\NC(=O)c1ccc(F)cc1. The number of halogens is 1. The Bertz CT molecular complexity index is 847. The standard InChI is InChI=1S/C18H15FN4O2/c1-12-16(18(25)23(22-12)15-5-3-2-4-6-15)11-20-21-17(24)13-7-9-14(19)10-8-13/h2-11,16H,1H3,(H,21,24)/b20-11-/t16-/m0/s1. The molecule has 0 bridgehead atoms. The Kier molecular flexibility index (Phi) is 4.65. The number of para-hydroxylation sites is 1. The molecule has 1 atom stereocenters. The number of benzene rings is 2. The van der Waals surface area contributed by atoms with E-state index in [0.717, 1.165) is 0 Å². The fourth-order valence-corrected chi connectivity index (χ4v) is 2.34. The average molecular weight is 338 g/mol. The number of anilines is 1. The van der Waals surface area contributed by atoms with Crippen molar-refractivity contribution in [2.75, 3.05) is 5.01 Å². The predicted octanol–water partition coefficient (Wildman–Crippen LogP) is 2.58. The molecule has 6 nitrogen and oxygen atoms in total. The Morgan fingerprint density at radius 1 is 1.20 bits per heavy atom. The summed E-state index contributed by atoms with van der Waals surface area (Å²) in [5.41, 5.74) is 3.84. The number of hydrogen-bond acceptors (Lipinski definition) is 4. The van der Waals surface area contributed by atoms with E-state index in [1.54, 1.807) is 19.1 Å². The highest BCUT2D eigenvalue weighted by molar-refractivity contribution is 6.23. The summed E-state index contributed by atoms with van der Waals surface area (Å²) in [6, 6.07) is 14.1. The Hall–Kier alpha value is -3.35. The lowest BCUT2D eigenvalue weighted by Gasteiger charge is -2.12. The number of hydrazone groups is 2. The first-order valence-electron chi connectivity index (χ1n) is 7.59. The molecular formula is C18H15FN4O2. The molecule has 0 saturated carbocycles. The fraction of sp³-hybridized carbons (Fsp3) is 0.111. The van der Waals surface area contributed by atoms with Gasteiger partial charge in [-0.25, -0.2) is 9.82 Å². The third kappa shape index (κ3) is 3.60. The van der Waals surface area contributed by atoms with Crippen molar-refractivity contribution in [3.8, 4) is 0 Å². The quantitative estimate of drug-likeness (QED) is 0.687. The van der Waals surface area contributed by atoms with Crippen molar-refractivity contribution < 1.29 is 14.0 Å². The van der Waals surface area contributed by atoms with Crippen molar-refractivity contribution in [1.82, 2.24) is 5.43 Å². The Morgan fingerprint density at radius 2 is 1.88 bits per heavy atom. The summed E-state index contributed by atoms with van der Waals surface area (Å²) in [6.45, 7) is 1.72. The fourth-order valence-electron chi connectivity index (χ4n) is 2.34. The molecule has 0 spiro atoms. The highest BCUT2D eigenvalue weighted by atomic mass is 19.1. The number of nitrogens with zero attached hydrogens (tertiary/aromatic N) is 3. The van der Waals surface area contributed by atoms with Gasteiger partial charge in [-0.2, -0.15) is 15.2 Å². The summed E-state index contributed by atoms with van der Waals surface area (Å²) in [5, 5.41) is 9.39. The molecule has 1 aliphatic heterocycles. The maximum Gasteiger partial charge on any atom is 0.271 e. The zero-order valence-corrected chi connectivity index (χ0v) is 13.4. The van der Waals surface area contributed by atoms with Gasteiger partial charge in [0.05, 0.1) is 11.4 Å². The molecule has 1 heterocycles. The molecule has 2 aromatic carbocycles. The number of rotatable bonds is 4. The normalized spacial score (nSPS) is 17.0. The van der Waals surface area contributed by atoms with Crippen LogP contribution in [0.15, 0.2) is 64.8 Å². The minimum atomic E-state index is -0.645. The van der Waals surface area contributed by atoms with Crippen LogP contribution in [0.5, 0.6) is 0 Å². The Labute approximate surface area is 143 Å². The summed E-state index contributed by atoms with van der Waals surface area (Å²) in [6.07, 6.45) is 1.34. The maximum atomic E-state index is 12.9. The highest BCUT2D eigenvalue weighted by Crippen LogP contribution is 2.22. The first kappa shape index (κ1) is 16.5. The van der Waals surface area contributed by atoms with Gasteiger partial charge in [0, 0.05) is 11.8 Å². The van der Waals surface area contributed by atoms with Crippen LogP contribution in [-0.2, 0) is 4.79 Å². The van der Waals surface area contributed by atoms with E-state index in [-0.39, 0.29) is 11.5 Å². The molecular weight excluding hydrogens is 323 g/mol. The van der Waals surface area contributed by atoms with Crippen LogP contribution in [0, 0.1) is 11.7 Å². The minimum Gasteiger partial charge on any atom is -0.271 e. The molecule has 2 aromatic rings. The summed E-state index contributed by atoms with van der Waals surface area (Å²) in [5.74, 6) is -1.81. The van der Waals surface area contributed by atoms with Crippen LogP contribution in [0.3, 0.4) is 0 Å². The van der Waals surface area contributed by atoms with Gasteiger partial charge in [-0.15, -0.1) is 0 Å².